The second-order valence-corrected chi connectivity index (χ2v) is 10.8. The Bertz CT molecular complexity index is 2640. The summed E-state index contributed by atoms with van der Waals surface area (Å²) in [5.41, 5.74) is 7.18. The van der Waals surface area contributed by atoms with Crippen molar-refractivity contribution < 1.29 is 36.9 Å². The molecule has 229 valence electrons. The summed E-state index contributed by atoms with van der Waals surface area (Å²) < 4.78 is 78.0. The Labute approximate surface area is 295 Å². The molecule has 0 amide bonds. The Morgan fingerprint density at radius 3 is 2.30 bits per heavy atom. The van der Waals surface area contributed by atoms with Crippen molar-refractivity contribution in [1.29, 1.82) is 0 Å². The fourth-order valence-corrected chi connectivity index (χ4v) is 5.68. The number of pyridine rings is 1. The van der Waals surface area contributed by atoms with Crippen LogP contribution in [0, 0.1) is 46.5 Å². The minimum Gasteiger partial charge on any atom is -0.501 e. The van der Waals surface area contributed by atoms with Gasteiger partial charge >= 0.3 is 0 Å². The van der Waals surface area contributed by atoms with Gasteiger partial charge in [0.2, 0.25) is 0 Å². The second kappa shape index (κ2) is 12.9. The average molecular weight is 785 g/mol. The summed E-state index contributed by atoms with van der Waals surface area (Å²) in [7, 11) is 0. The van der Waals surface area contributed by atoms with Crippen LogP contribution in [0.4, 0.5) is 0 Å². The van der Waals surface area contributed by atoms with Gasteiger partial charge in [-0.1, -0.05) is 78.0 Å². The van der Waals surface area contributed by atoms with Crippen LogP contribution in [-0.4, -0.2) is 14.5 Å². The zero-order chi connectivity index (χ0) is 38.6. The zero-order valence-corrected chi connectivity index (χ0v) is 27.4. The van der Waals surface area contributed by atoms with E-state index in [-0.39, 0.29) is 53.6 Å². The van der Waals surface area contributed by atoms with Gasteiger partial charge in [0.25, 0.3) is 0 Å². The third-order valence-corrected chi connectivity index (χ3v) is 7.79. The summed E-state index contributed by atoms with van der Waals surface area (Å²) in [6, 6.07) is 38.3. The summed E-state index contributed by atoms with van der Waals surface area (Å²) in [6.07, 6.45) is 1.02. The summed E-state index contributed by atoms with van der Waals surface area (Å²) in [5, 5.41) is 0.954. The minimum atomic E-state index is -2.69. The Balaban J connectivity index is 0.000000191. The Morgan fingerprint density at radius 2 is 1.52 bits per heavy atom. The van der Waals surface area contributed by atoms with Gasteiger partial charge in [-0.05, 0) is 68.1 Å². The van der Waals surface area contributed by atoms with E-state index in [9.17, 15) is 0 Å². The van der Waals surface area contributed by atoms with Crippen LogP contribution >= 0.6 is 0 Å². The van der Waals surface area contributed by atoms with Crippen LogP contribution in [-0.2, 0) is 20.1 Å². The molecule has 8 aromatic rings. The molecular formula is C41H33IrN3O-2. The number of aromatic nitrogens is 3. The van der Waals surface area contributed by atoms with Crippen molar-refractivity contribution in [3.63, 3.8) is 0 Å². The predicted molar refractivity (Wildman–Crippen MR) is 185 cm³/mol. The molecule has 0 aliphatic rings. The van der Waals surface area contributed by atoms with Crippen LogP contribution in [0.5, 0.6) is 0 Å². The zero-order valence-electron chi connectivity index (χ0n) is 34.0. The van der Waals surface area contributed by atoms with E-state index in [1.807, 2.05) is 24.3 Å². The first-order valence-corrected chi connectivity index (χ1v) is 14.4. The van der Waals surface area contributed by atoms with Crippen LogP contribution in [0.1, 0.15) is 40.2 Å². The topological polar surface area (TPSA) is 43.9 Å². The van der Waals surface area contributed by atoms with Crippen LogP contribution in [0.15, 0.2) is 114 Å². The number of rotatable bonds is 3. The van der Waals surface area contributed by atoms with E-state index >= 15 is 0 Å². The Kier molecular flexibility index (Phi) is 6.11. The van der Waals surface area contributed by atoms with Gasteiger partial charge in [0, 0.05) is 49.7 Å². The first-order chi connectivity index (χ1) is 25.5. The second-order valence-electron chi connectivity index (χ2n) is 10.8. The van der Waals surface area contributed by atoms with Crippen molar-refractivity contribution >= 4 is 33.0 Å². The quantitative estimate of drug-likeness (QED) is 0.168. The number of para-hydroxylation sites is 4. The molecule has 3 heterocycles. The third-order valence-electron chi connectivity index (χ3n) is 7.79. The first-order valence-electron chi connectivity index (χ1n) is 18.9. The normalized spacial score (nSPS) is 14.7. The fourth-order valence-electron chi connectivity index (χ4n) is 5.68. The molecule has 0 saturated heterocycles. The molecule has 0 aliphatic heterocycles. The molecule has 8 rings (SSSR count). The van der Waals surface area contributed by atoms with E-state index < -0.39 is 20.6 Å². The SMILES string of the molecule is Cc1cccc(C)c1-n1c(-c2[c-]cccc2)nc2ccccc21.[2H]C([2H])([2H])c1cnc(-c2[c-]cc(C([2H])([2H])[2H])c3c2oc2ccccc23)cc1C([2H])([2H])[2H].[Ir]. The molecule has 0 unspecified atom stereocenters. The molecule has 0 spiro atoms. The molecule has 3 aromatic heterocycles. The maximum atomic E-state index is 7.88. The van der Waals surface area contributed by atoms with Crippen LogP contribution < -0.4 is 0 Å². The maximum absolute atomic E-state index is 7.88. The summed E-state index contributed by atoms with van der Waals surface area (Å²) in [5.74, 6) is 0.934. The summed E-state index contributed by atoms with van der Waals surface area (Å²) in [6.45, 7) is -3.47. The number of fused-ring (bicyclic) bond motifs is 4. The summed E-state index contributed by atoms with van der Waals surface area (Å²) >= 11 is 0. The van der Waals surface area contributed by atoms with E-state index in [0.29, 0.717) is 16.4 Å². The number of hydrogen-bond donors (Lipinski definition) is 0. The van der Waals surface area contributed by atoms with Crippen LogP contribution in [0.25, 0.3) is 61.3 Å². The number of furan rings is 1. The smallest absolute Gasteiger partial charge is 0.120 e. The van der Waals surface area contributed by atoms with Gasteiger partial charge in [0.1, 0.15) is 5.58 Å². The van der Waals surface area contributed by atoms with Gasteiger partial charge in [0.15, 0.2) is 0 Å². The largest absolute Gasteiger partial charge is 0.501 e. The van der Waals surface area contributed by atoms with Gasteiger partial charge < -0.3 is 14.0 Å². The van der Waals surface area contributed by atoms with Crippen LogP contribution in [0.3, 0.4) is 0 Å². The summed E-state index contributed by atoms with van der Waals surface area (Å²) in [4.78, 5) is 9.03. The van der Waals surface area contributed by atoms with Crippen molar-refractivity contribution in [2.75, 3.05) is 0 Å². The molecule has 0 fully saturated rings. The first kappa shape index (κ1) is 21.8. The molecule has 0 saturated carbocycles. The van der Waals surface area contributed by atoms with E-state index in [2.05, 4.69) is 78.0 Å². The van der Waals surface area contributed by atoms with E-state index in [1.54, 1.807) is 24.3 Å². The molecule has 46 heavy (non-hydrogen) atoms. The van der Waals surface area contributed by atoms with Crippen molar-refractivity contribution in [2.24, 2.45) is 0 Å². The number of aryl methyl sites for hydroxylation is 5. The molecule has 5 heteroatoms. The van der Waals surface area contributed by atoms with Gasteiger partial charge in [-0.15, -0.1) is 53.6 Å². The molecule has 0 aliphatic carbocycles. The van der Waals surface area contributed by atoms with E-state index in [1.165, 1.54) is 28.9 Å². The van der Waals surface area contributed by atoms with Crippen molar-refractivity contribution in [3.05, 3.63) is 149 Å². The number of hydrogen-bond acceptors (Lipinski definition) is 3. The number of benzene rings is 5. The minimum absolute atomic E-state index is 0. The van der Waals surface area contributed by atoms with Crippen molar-refractivity contribution in [1.82, 2.24) is 14.5 Å². The monoisotopic (exact) mass is 785 g/mol. The molecular weight excluding hydrogens is 743 g/mol. The van der Waals surface area contributed by atoms with Crippen molar-refractivity contribution in [3.8, 4) is 28.3 Å². The predicted octanol–water partition coefficient (Wildman–Crippen LogP) is 10.5. The Morgan fingerprint density at radius 1 is 0.761 bits per heavy atom. The maximum Gasteiger partial charge on any atom is 0.120 e. The third kappa shape index (κ3) is 5.58. The fraction of sp³-hybridized carbons (Fsp3) is 0.122. The van der Waals surface area contributed by atoms with E-state index in [0.717, 1.165) is 28.6 Å². The van der Waals surface area contributed by atoms with E-state index in [4.69, 9.17) is 21.7 Å². The number of nitrogens with zero attached hydrogens (tertiary/aromatic N) is 3. The van der Waals surface area contributed by atoms with Crippen LogP contribution in [0.2, 0.25) is 0 Å². The molecule has 0 atom stereocenters. The van der Waals surface area contributed by atoms with Gasteiger partial charge in [-0.2, -0.15) is 0 Å². The van der Waals surface area contributed by atoms with Crippen molar-refractivity contribution in [2.45, 2.75) is 34.4 Å². The molecule has 0 N–H and O–H groups in total. The molecule has 5 aromatic carbocycles. The van der Waals surface area contributed by atoms with Gasteiger partial charge in [-0.25, -0.2) is 0 Å². The molecule has 4 nitrogen and oxygen atoms in total. The average Bonchev–Trinajstić information content (AvgIpc) is 3.70. The van der Waals surface area contributed by atoms with Gasteiger partial charge in [0.05, 0.1) is 22.4 Å². The Hall–Kier alpha value is -4.83. The standard InChI is InChI=1S/C21H17N2.C20H16NO.Ir/c1-15-9-8-10-16(2)20(15)23-19-14-7-6-13-18(19)22-21(23)17-11-4-3-5-12-17;1-12-8-9-15(17-10-13(2)14(3)11-21-17)20-19(12)16-6-4-5-7-18(16)22-20;/h3-11,13-14H,1-2H3;4-8,10-11H,1-3H3;/q2*-1;/i;1D3,2D3,3D3;. The molecule has 1 radical (unpaired) electrons. The van der Waals surface area contributed by atoms with Gasteiger partial charge in [-0.3, -0.25) is 4.98 Å². The molecule has 0 bridgehead atoms. The number of imidazole rings is 1.